The first-order valence-corrected chi connectivity index (χ1v) is 10.0. The van der Waals surface area contributed by atoms with Crippen molar-refractivity contribution in [3.63, 3.8) is 0 Å². The second kappa shape index (κ2) is 8.37. The van der Waals surface area contributed by atoms with Crippen molar-refractivity contribution in [1.82, 2.24) is 10.2 Å². The highest BCUT2D eigenvalue weighted by atomic mass is 32.2. The van der Waals surface area contributed by atoms with Gasteiger partial charge in [0.15, 0.2) is 17.5 Å². The van der Waals surface area contributed by atoms with Crippen LogP contribution in [0.15, 0.2) is 12.1 Å². The molecule has 2 N–H and O–H groups in total. The third-order valence-corrected chi connectivity index (χ3v) is 6.18. The van der Waals surface area contributed by atoms with Gasteiger partial charge in [-0.05, 0) is 6.42 Å². The van der Waals surface area contributed by atoms with Gasteiger partial charge in [0, 0.05) is 37.2 Å². The zero-order valence-electron chi connectivity index (χ0n) is 15.8. The number of thioether (sulfide) groups is 1. The van der Waals surface area contributed by atoms with Crippen LogP contribution in [-0.4, -0.2) is 51.8 Å². The van der Waals surface area contributed by atoms with E-state index in [4.69, 9.17) is 6.42 Å². The molecule has 1 saturated heterocycles. The van der Waals surface area contributed by atoms with Crippen LogP contribution in [0.2, 0.25) is 0 Å². The number of carbonyl (C=O) groups excluding carboxylic acids is 3. The first kappa shape index (κ1) is 22.9. The van der Waals surface area contributed by atoms with Crippen LogP contribution in [0.3, 0.4) is 0 Å². The minimum atomic E-state index is -3.00. The van der Waals surface area contributed by atoms with Gasteiger partial charge in [-0.25, -0.2) is 22.0 Å². The highest BCUT2D eigenvalue weighted by molar-refractivity contribution is 8.00. The molecule has 0 bridgehead atoms. The van der Waals surface area contributed by atoms with Gasteiger partial charge in [-0.2, -0.15) is 0 Å². The number of nitrogens with zero attached hydrogens (tertiary/aromatic N) is 1. The molecule has 3 rings (SSSR count). The van der Waals surface area contributed by atoms with Gasteiger partial charge >= 0.3 is 11.8 Å². The second-order valence-corrected chi connectivity index (χ2v) is 8.44. The summed E-state index contributed by atoms with van der Waals surface area (Å²) in [6.45, 7) is 0.00267. The fourth-order valence-electron chi connectivity index (χ4n) is 3.29. The zero-order chi connectivity index (χ0) is 23.0. The fourth-order valence-corrected chi connectivity index (χ4v) is 4.38. The van der Waals surface area contributed by atoms with Crippen LogP contribution in [-0.2, 0) is 14.4 Å². The first-order valence-electron chi connectivity index (χ1n) is 8.99. The molecule has 0 spiro atoms. The molecular formula is C19H16F5N3O3S. The number of nitrogens with one attached hydrogen (secondary N) is 2. The summed E-state index contributed by atoms with van der Waals surface area (Å²) in [4.78, 5) is 37.8. The summed E-state index contributed by atoms with van der Waals surface area (Å²) in [5, 5.41) is 3.74. The van der Waals surface area contributed by atoms with Crippen molar-refractivity contribution in [1.29, 1.82) is 0 Å². The topological polar surface area (TPSA) is 78.5 Å². The third kappa shape index (κ3) is 4.92. The van der Waals surface area contributed by atoms with E-state index in [2.05, 4.69) is 16.6 Å². The summed E-state index contributed by atoms with van der Waals surface area (Å²) in [5.74, 6) is -8.23. The van der Waals surface area contributed by atoms with Crippen molar-refractivity contribution in [2.75, 3.05) is 17.7 Å². The van der Waals surface area contributed by atoms with Crippen LogP contribution in [0.1, 0.15) is 19.3 Å². The van der Waals surface area contributed by atoms with Gasteiger partial charge in [0.05, 0.1) is 11.1 Å². The van der Waals surface area contributed by atoms with Gasteiger partial charge in [0.25, 0.3) is 5.92 Å². The molecule has 1 aromatic carbocycles. The molecule has 0 aromatic heterocycles. The van der Waals surface area contributed by atoms with Crippen LogP contribution in [0, 0.1) is 29.8 Å². The zero-order valence-corrected chi connectivity index (χ0v) is 16.6. The first-order chi connectivity index (χ1) is 14.4. The highest BCUT2D eigenvalue weighted by Crippen LogP contribution is 2.45. The lowest BCUT2D eigenvalue weighted by Gasteiger charge is -2.44. The molecule has 1 atom stereocenters. The van der Waals surface area contributed by atoms with E-state index in [9.17, 15) is 36.3 Å². The van der Waals surface area contributed by atoms with Crippen LogP contribution in [0.25, 0.3) is 0 Å². The molecule has 1 aromatic rings. The smallest absolute Gasteiger partial charge is 0.312 e. The maximum atomic E-state index is 13.3. The molecular weight excluding hydrogens is 445 g/mol. The largest absolute Gasteiger partial charge is 0.331 e. The molecule has 2 aliphatic rings. The highest BCUT2D eigenvalue weighted by Gasteiger charge is 2.57. The Bertz CT molecular complexity index is 942. The number of alkyl halides is 2. The summed E-state index contributed by atoms with van der Waals surface area (Å²) in [6, 6.07) is 1.27. The van der Waals surface area contributed by atoms with Crippen molar-refractivity contribution >= 4 is 35.2 Å². The Kier molecular flexibility index (Phi) is 6.18. The molecule has 2 fully saturated rings. The van der Waals surface area contributed by atoms with E-state index in [1.807, 2.05) is 0 Å². The van der Waals surface area contributed by atoms with E-state index in [1.54, 1.807) is 0 Å². The average Bonchev–Trinajstić information content (AvgIpc) is 2.69. The Morgan fingerprint density at radius 2 is 1.77 bits per heavy atom. The lowest BCUT2D eigenvalue weighted by atomic mass is 9.74. The summed E-state index contributed by atoms with van der Waals surface area (Å²) < 4.78 is 65.7. The molecule has 1 aliphatic heterocycles. The van der Waals surface area contributed by atoms with Crippen LogP contribution < -0.4 is 10.6 Å². The van der Waals surface area contributed by atoms with E-state index in [1.165, 1.54) is 0 Å². The molecule has 0 radical (unpaired) electrons. The standard InChI is InChI=1S/C19H16F5N3O3S/c1-2-18(7-19(23,24)8-18)26-16(29)17(30)27-4-3-13(31-9-27)15(28)25-10-5-11(20)14(22)12(21)6-10/h1,5-6,13H,3-4,7-9H2,(H,25,28)(H,26,29)/t13-/m1/s1. The lowest BCUT2D eigenvalue weighted by Crippen LogP contribution is -2.63. The van der Waals surface area contributed by atoms with Gasteiger partial charge in [0.1, 0.15) is 5.54 Å². The predicted molar refractivity (Wildman–Crippen MR) is 101 cm³/mol. The average molecular weight is 461 g/mol. The summed E-state index contributed by atoms with van der Waals surface area (Å²) >= 11 is 0.990. The maximum Gasteiger partial charge on any atom is 0.312 e. The van der Waals surface area contributed by atoms with Gasteiger partial charge < -0.3 is 15.5 Å². The molecule has 3 amide bonds. The number of hydrogen-bond donors (Lipinski definition) is 2. The molecule has 1 aliphatic carbocycles. The van der Waals surface area contributed by atoms with E-state index in [0.717, 1.165) is 16.7 Å². The Balaban J connectivity index is 1.52. The molecule has 31 heavy (non-hydrogen) atoms. The SMILES string of the molecule is C#CC1(NC(=O)C(=O)N2CC[C@H](C(=O)Nc3cc(F)c(F)c(F)c3)SC2)CC(F)(F)C1. The molecule has 0 unspecified atom stereocenters. The Hall–Kier alpha value is -2.81. The maximum absolute atomic E-state index is 13.3. The van der Waals surface area contributed by atoms with Gasteiger partial charge in [-0.15, -0.1) is 18.2 Å². The molecule has 166 valence electrons. The van der Waals surface area contributed by atoms with Crippen molar-refractivity contribution < 1.29 is 36.3 Å². The Morgan fingerprint density at radius 3 is 2.26 bits per heavy atom. The van der Waals surface area contributed by atoms with Crippen LogP contribution >= 0.6 is 11.8 Å². The number of terminal acetylenes is 1. The number of rotatable bonds is 3. The summed E-state index contributed by atoms with van der Waals surface area (Å²) in [7, 11) is 0. The van der Waals surface area contributed by atoms with Gasteiger partial charge in [-0.3, -0.25) is 14.4 Å². The number of carbonyl (C=O) groups is 3. The Labute approximate surface area is 177 Å². The Morgan fingerprint density at radius 1 is 1.16 bits per heavy atom. The second-order valence-electron chi connectivity index (χ2n) is 7.27. The molecule has 6 nitrogen and oxygen atoms in total. The molecule has 1 saturated carbocycles. The summed E-state index contributed by atoms with van der Waals surface area (Å²) in [6.07, 6.45) is 3.82. The van der Waals surface area contributed by atoms with Crippen molar-refractivity contribution in [3.05, 3.63) is 29.6 Å². The minimum Gasteiger partial charge on any atom is -0.331 e. The van der Waals surface area contributed by atoms with E-state index >= 15 is 0 Å². The van der Waals surface area contributed by atoms with Gasteiger partial charge in [0.2, 0.25) is 5.91 Å². The predicted octanol–water partition coefficient (Wildman–Crippen LogP) is 2.25. The number of hydrogen-bond acceptors (Lipinski definition) is 4. The number of amides is 3. The van der Waals surface area contributed by atoms with Crippen molar-refractivity contribution in [3.8, 4) is 12.3 Å². The van der Waals surface area contributed by atoms with Crippen LogP contribution in [0.4, 0.5) is 27.6 Å². The quantitative estimate of drug-likeness (QED) is 0.313. The van der Waals surface area contributed by atoms with Crippen molar-refractivity contribution in [2.45, 2.75) is 36.0 Å². The van der Waals surface area contributed by atoms with E-state index in [0.29, 0.717) is 12.1 Å². The third-order valence-electron chi connectivity index (χ3n) is 4.87. The summed E-state index contributed by atoms with van der Waals surface area (Å²) in [5.41, 5.74) is -1.84. The fraction of sp³-hybridized carbons (Fsp3) is 0.421. The normalized spacial score (nSPS) is 21.4. The van der Waals surface area contributed by atoms with Gasteiger partial charge in [-0.1, -0.05) is 5.92 Å². The molecule has 1 heterocycles. The number of halogens is 5. The molecule has 12 heteroatoms. The van der Waals surface area contributed by atoms with E-state index < -0.39 is 64.7 Å². The lowest BCUT2D eigenvalue weighted by molar-refractivity contribution is -0.152. The number of anilines is 1. The van der Waals surface area contributed by atoms with Crippen LogP contribution in [0.5, 0.6) is 0 Å². The number of benzene rings is 1. The van der Waals surface area contributed by atoms with E-state index in [-0.39, 0.29) is 24.5 Å². The minimum absolute atomic E-state index is 0.00267. The van der Waals surface area contributed by atoms with Crippen molar-refractivity contribution in [2.24, 2.45) is 0 Å². The monoisotopic (exact) mass is 461 g/mol.